The highest BCUT2D eigenvalue weighted by molar-refractivity contribution is 5.96. The molecule has 0 amide bonds. The number of hydrogen-bond donors (Lipinski definition) is 0. The van der Waals surface area contributed by atoms with Crippen LogP contribution in [-0.2, 0) is 19.1 Å². The van der Waals surface area contributed by atoms with Gasteiger partial charge in [-0.2, -0.15) is 0 Å². The van der Waals surface area contributed by atoms with Gasteiger partial charge in [0.2, 0.25) is 0 Å². The second-order valence-corrected chi connectivity index (χ2v) is 11.9. The summed E-state index contributed by atoms with van der Waals surface area (Å²) in [6.07, 6.45) is 7.72. The third-order valence-corrected chi connectivity index (χ3v) is 10.6. The summed E-state index contributed by atoms with van der Waals surface area (Å²) < 4.78 is 11.8. The van der Waals surface area contributed by atoms with E-state index in [1.165, 1.54) is 18.9 Å². The summed E-state index contributed by atoms with van der Waals surface area (Å²) in [7, 11) is 0. The molecule has 0 N–H and O–H groups in total. The SMILES string of the molecule is C/C(=C/C(=O)OC1CC2CCC1(C)C2(C)C)C(=O)OC1CC2CCC1(C)C2(C)C. The molecule has 0 aromatic heterocycles. The first-order valence-corrected chi connectivity index (χ1v) is 11.4. The number of ether oxygens (including phenoxy) is 2. The number of fused-ring (bicyclic) bond motifs is 4. The van der Waals surface area contributed by atoms with E-state index in [9.17, 15) is 9.59 Å². The molecule has 0 radical (unpaired) electrons. The van der Waals surface area contributed by atoms with Gasteiger partial charge in [-0.1, -0.05) is 41.5 Å². The first-order chi connectivity index (χ1) is 13.3. The molecule has 29 heavy (non-hydrogen) atoms. The second kappa shape index (κ2) is 6.34. The number of esters is 2. The van der Waals surface area contributed by atoms with E-state index in [0.717, 1.165) is 25.7 Å². The summed E-state index contributed by atoms with van der Waals surface area (Å²) in [6.45, 7) is 15.4. The molecule has 4 nitrogen and oxygen atoms in total. The molecule has 0 aromatic rings. The number of hydrogen-bond acceptors (Lipinski definition) is 4. The van der Waals surface area contributed by atoms with Crippen LogP contribution in [0.25, 0.3) is 0 Å². The highest BCUT2D eigenvalue weighted by Gasteiger charge is 2.64. The summed E-state index contributed by atoms with van der Waals surface area (Å²) in [5, 5.41) is 0. The van der Waals surface area contributed by atoms with Crippen molar-refractivity contribution in [3.8, 4) is 0 Å². The largest absolute Gasteiger partial charge is 0.459 e. The third kappa shape index (κ3) is 2.76. The van der Waals surface area contributed by atoms with E-state index >= 15 is 0 Å². The van der Waals surface area contributed by atoms with Crippen molar-refractivity contribution in [1.29, 1.82) is 0 Å². The lowest BCUT2D eigenvalue weighted by molar-refractivity contribution is -0.154. The van der Waals surface area contributed by atoms with Crippen molar-refractivity contribution in [3.05, 3.63) is 11.6 Å². The molecule has 4 heteroatoms. The maximum Gasteiger partial charge on any atom is 0.334 e. The van der Waals surface area contributed by atoms with Crippen molar-refractivity contribution >= 4 is 11.9 Å². The van der Waals surface area contributed by atoms with Crippen molar-refractivity contribution in [2.45, 2.75) is 99.2 Å². The number of rotatable bonds is 4. The van der Waals surface area contributed by atoms with Crippen LogP contribution >= 0.6 is 0 Å². The Balaban J connectivity index is 1.38. The summed E-state index contributed by atoms with van der Waals surface area (Å²) in [4.78, 5) is 25.3. The van der Waals surface area contributed by atoms with Crippen molar-refractivity contribution in [3.63, 3.8) is 0 Å². The third-order valence-electron chi connectivity index (χ3n) is 10.6. The van der Waals surface area contributed by atoms with Gasteiger partial charge in [-0.25, -0.2) is 9.59 Å². The van der Waals surface area contributed by atoms with E-state index in [1.54, 1.807) is 6.92 Å². The molecule has 6 atom stereocenters. The van der Waals surface area contributed by atoms with Gasteiger partial charge in [-0.3, -0.25) is 0 Å². The maximum absolute atomic E-state index is 12.7. The quantitative estimate of drug-likeness (QED) is 0.463. The Labute approximate surface area is 175 Å². The van der Waals surface area contributed by atoms with Gasteiger partial charge in [0.25, 0.3) is 0 Å². The average molecular weight is 403 g/mol. The minimum absolute atomic E-state index is 0.0252. The molecule has 4 rings (SSSR count). The molecule has 0 spiro atoms. The smallest absolute Gasteiger partial charge is 0.334 e. The zero-order valence-corrected chi connectivity index (χ0v) is 19.3. The fourth-order valence-electron chi connectivity index (χ4n) is 7.25. The van der Waals surface area contributed by atoms with E-state index in [2.05, 4.69) is 41.5 Å². The van der Waals surface area contributed by atoms with Crippen LogP contribution in [0.5, 0.6) is 0 Å². The number of carbonyl (C=O) groups excluding carboxylic acids is 2. The Bertz CT molecular complexity index is 763. The summed E-state index contributed by atoms with van der Waals surface area (Å²) in [6, 6.07) is 0. The van der Waals surface area contributed by atoms with E-state index in [-0.39, 0.29) is 39.8 Å². The van der Waals surface area contributed by atoms with Crippen molar-refractivity contribution in [1.82, 2.24) is 0 Å². The van der Waals surface area contributed by atoms with Crippen LogP contribution in [-0.4, -0.2) is 24.1 Å². The highest BCUT2D eigenvalue weighted by atomic mass is 16.6. The first-order valence-electron chi connectivity index (χ1n) is 11.4. The molecular weight excluding hydrogens is 364 g/mol. The molecule has 0 heterocycles. The molecule has 4 bridgehead atoms. The zero-order chi connectivity index (χ0) is 21.4. The van der Waals surface area contributed by atoms with Gasteiger partial charge in [-0.15, -0.1) is 0 Å². The molecular formula is C25H38O4. The Morgan fingerprint density at radius 1 is 0.793 bits per heavy atom. The molecule has 162 valence electrons. The summed E-state index contributed by atoms with van der Waals surface area (Å²) >= 11 is 0. The summed E-state index contributed by atoms with van der Waals surface area (Å²) in [5.74, 6) is 0.438. The monoisotopic (exact) mass is 402 g/mol. The fraction of sp³-hybridized carbons (Fsp3) is 0.840. The fourth-order valence-corrected chi connectivity index (χ4v) is 7.25. The lowest BCUT2D eigenvalue weighted by atomic mass is 9.70. The first kappa shape index (κ1) is 20.9. The van der Waals surface area contributed by atoms with Crippen LogP contribution in [0.4, 0.5) is 0 Å². The lowest BCUT2D eigenvalue weighted by Gasteiger charge is -2.38. The molecule has 4 saturated carbocycles. The number of carbonyl (C=O) groups is 2. The molecule has 4 aliphatic carbocycles. The molecule has 0 saturated heterocycles. The van der Waals surface area contributed by atoms with Gasteiger partial charge in [0, 0.05) is 22.5 Å². The van der Waals surface area contributed by atoms with Crippen molar-refractivity contribution in [2.75, 3.05) is 0 Å². The molecule has 4 fully saturated rings. The van der Waals surface area contributed by atoms with Gasteiger partial charge in [0.1, 0.15) is 12.2 Å². The second-order valence-electron chi connectivity index (χ2n) is 11.9. The van der Waals surface area contributed by atoms with Crippen LogP contribution in [0.15, 0.2) is 11.6 Å². The van der Waals surface area contributed by atoms with Gasteiger partial charge in [-0.05, 0) is 68.1 Å². The predicted octanol–water partition coefficient (Wildman–Crippen LogP) is 5.45. The minimum Gasteiger partial charge on any atom is -0.459 e. The van der Waals surface area contributed by atoms with Crippen LogP contribution in [0.3, 0.4) is 0 Å². The lowest BCUT2D eigenvalue weighted by Crippen LogP contribution is -2.38. The zero-order valence-electron chi connectivity index (χ0n) is 19.3. The molecule has 4 aliphatic rings. The van der Waals surface area contributed by atoms with Crippen LogP contribution < -0.4 is 0 Å². The Morgan fingerprint density at radius 2 is 1.24 bits per heavy atom. The average Bonchev–Trinajstić information content (AvgIpc) is 3.13. The van der Waals surface area contributed by atoms with Crippen molar-refractivity contribution < 1.29 is 19.1 Å². The van der Waals surface area contributed by atoms with Crippen LogP contribution in [0, 0.1) is 33.5 Å². The normalized spacial score (nSPS) is 44.2. The van der Waals surface area contributed by atoms with E-state index in [1.807, 2.05) is 0 Å². The maximum atomic E-state index is 12.7. The van der Waals surface area contributed by atoms with E-state index < -0.39 is 5.97 Å². The Hall–Kier alpha value is -1.32. The van der Waals surface area contributed by atoms with Crippen LogP contribution in [0.1, 0.15) is 87.0 Å². The highest BCUT2D eigenvalue weighted by Crippen LogP contribution is 2.67. The van der Waals surface area contributed by atoms with E-state index in [4.69, 9.17) is 9.47 Å². The van der Waals surface area contributed by atoms with Gasteiger partial charge < -0.3 is 9.47 Å². The molecule has 6 unspecified atom stereocenters. The predicted molar refractivity (Wildman–Crippen MR) is 112 cm³/mol. The van der Waals surface area contributed by atoms with Crippen molar-refractivity contribution in [2.24, 2.45) is 33.5 Å². The standard InChI is InChI=1S/C25H38O4/c1-15(21(27)29-19-14-17-9-11-25(19,7)23(17,4)5)12-20(26)28-18-13-16-8-10-24(18,6)22(16,2)3/h12,16-19H,8-11,13-14H2,1-7H3/b15-12-. The molecule has 0 aliphatic heterocycles. The Morgan fingerprint density at radius 3 is 1.62 bits per heavy atom. The van der Waals surface area contributed by atoms with Gasteiger partial charge in [0.05, 0.1) is 0 Å². The van der Waals surface area contributed by atoms with Gasteiger partial charge >= 0.3 is 11.9 Å². The topological polar surface area (TPSA) is 52.6 Å². The summed E-state index contributed by atoms with van der Waals surface area (Å²) in [5.41, 5.74) is 0.778. The van der Waals surface area contributed by atoms with Crippen LogP contribution in [0.2, 0.25) is 0 Å². The minimum atomic E-state index is -0.409. The van der Waals surface area contributed by atoms with E-state index in [0.29, 0.717) is 17.4 Å². The Kier molecular flexibility index (Phi) is 4.58. The van der Waals surface area contributed by atoms with Gasteiger partial charge in [0.15, 0.2) is 0 Å². The molecule has 0 aromatic carbocycles.